The van der Waals surface area contributed by atoms with Crippen LogP contribution >= 0.6 is 0 Å². The van der Waals surface area contributed by atoms with Crippen molar-refractivity contribution in [2.24, 2.45) is 5.92 Å². The Bertz CT molecular complexity index is 558. The van der Waals surface area contributed by atoms with Gasteiger partial charge >= 0.3 is 0 Å². The standard InChI is InChI=1S/C19H34O12/c1-3-4-9(22)8(2)7-28-18-16(27)14(25)17(11(6-21)30-18)31-19-15(26)13(24)12(23)10(5-20)29-19/h3-4,8-27H,5-7H2,1-2H3/b4-3+/t8-,9+,10?,11?,12-,13?,14?,15?,16?,17+,18+,19-/m0/s1. The van der Waals surface area contributed by atoms with Crippen molar-refractivity contribution in [3.05, 3.63) is 12.2 Å². The number of hydrogen-bond donors (Lipinski definition) is 8. The highest BCUT2D eigenvalue weighted by Gasteiger charge is 2.50. The molecule has 0 aromatic rings. The van der Waals surface area contributed by atoms with Gasteiger partial charge in [-0.05, 0) is 6.92 Å². The molecule has 0 saturated carbocycles. The normalized spacial score (nSPS) is 43.8. The number of aliphatic hydroxyl groups is 8. The van der Waals surface area contributed by atoms with Gasteiger partial charge in [-0.1, -0.05) is 19.1 Å². The van der Waals surface area contributed by atoms with Gasteiger partial charge in [-0.15, -0.1) is 0 Å². The van der Waals surface area contributed by atoms with E-state index in [0.717, 1.165) is 0 Å². The highest BCUT2D eigenvalue weighted by Crippen LogP contribution is 2.29. The quantitative estimate of drug-likeness (QED) is 0.158. The summed E-state index contributed by atoms with van der Waals surface area (Å²) in [5.41, 5.74) is 0. The van der Waals surface area contributed by atoms with Crippen molar-refractivity contribution in [2.75, 3.05) is 19.8 Å². The summed E-state index contributed by atoms with van der Waals surface area (Å²) in [7, 11) is 0. The van der Waals surface area contributed by atoms with Gasteiger partial charge in [0.15, 0.2) is 12.6 Å². The molecule has 0 radical (unpaired) electrons. The van der Waals surface area contributed by atoms with Crippen LogP contribution in [-0.2, 0) is 18.9 Å². The van der Waals surface area contributed by atoms with Crippen molar-refractivity contribution in [3.8, 4) is 0 Å². The first-order chi connectivity index (χ1) is 14.7. The minimum absolute atomic E-state index is 0.0175. The molecule has 8 N–H and O–H groups in total. The molecule has 2 heterocycles. The Hall–Kier alpha value is -0.740. The van der Waals surface area contributed by atoms with Crippen LogP contribution in [0.5, 0.6) is 0 Å². The van der Waals surface area contributed by atoms with Gasteiger partial charge in [0.25, 0.3) is 0 Å². The van der Waals surface area contributed by atoms with Crippen LogP contribution in [0.15, 0.2) is 12.2 Å². The predicted molar refractivity (Wildman–Crippen MR) is 102 cm³/mol. The number of hydrogen-bond acceptors (Lipinski definition) is 12. The third-order valence-corrected chi connectivity index (χ3v) is 5.46. The number of rotatable bonds is 9. The average Bonchev–Trinajstić information content (AvgIpc) is 2.76. The Labute approximate surface area is 179 Å². The maximum Gasteiger partial charge on any atom is 0.187 e. The molecule has 0 spiro atoms. The Balaban J connectivity index is 2.03. The van der Waals surface area contributed by atoms with Gasteiger partial charge in [0.05, 0.1) is 25.9 Å². The summed E-state index contributed by atoms with van der Waals surface area (Å²) in [6.45, 7) is 2.12. The maximum absolute atomic E-state index is 10.5. The zero-order valence-electron chi connectivity index (χ0n) is 17.4. The number of aliphatic hydroxyl groups excluding tert-OH is 8. The van der Waals surface area contributed by atoms with E-state index < -0.39 is 80.7 Å². The molecule has 0 aliphatic carbocycles. The van der Waals surface area contributed by atoms with Crippen molar-refractivity contribution in [2.45, 2.75) is 81.4 Å². The molecule has 12 atom stereocenters. The molecule has 182 valence electrons. The van der Waals surface area contributed by atoms with E-state index in [9.17, 15) is 40.9 Å². The molecular weight excluding hydrogens is 420 g/mol. The van der Waals surface area contributed by atoms with Gasteiger partial charge < -0.3 is 59.8 Å². The van der Waals surface area contributed by atoms with Gasteiger partial charge in [-0.2, -0.15) is 0 Å². The Morgan fingerprint density at radius 3 is 2.00 bits per heavy atom. The van der Waals surface area contributed by atoms with Crippen LogP contribution in [0.25, 0.3) is 0 Å². The van der Waals surface area contributed by atoms with Crippen LogP contribution in [0.4, 0.5) is 0 Å². The molecule has 12 nitrogen and oxygen atoms in total. The zero-order valence-corrected chi connectivity index (χ0v) is 17.4. The van der Waals surface area contributed by atoms with Crippen molar-refractivity contribution in [1.82, 2.24) is 0 Å². The Morgan fingerprint density at radius 1 is 0.839 bits per heavy atom. The van der Waals surface area contributed by atoms with E-state index in [2.05, 4.69) is 0 Å². The van der Waals surface area contributed by atoms with Crippen LogP contribution in [0, 0.1) is 5.92 Å². The van der Waals surface area contributed by atoms with E-state index in [-0.39, 0.29) is 12.5 Å². The third-order valence-electron chi connectivity index (χ3n) is 5.46. The second kappa shape index (κ2) is 11.9. The van der Waals surface area contributed by atoms with Crippen molar-refractivity contribution >= 4 is 0 Å². The van der Waals surface area contributed by atoms with E-state index in [1.807, 2.05) is 0 Å². The monoisotopic (exact) mass is 454 g/mol. The topological polar surface area (TPSA) is 199 Å². The lowest BCUT2D eigenvalue weighted by Crippen LogP contribution is -2.64. The number of ether oxygens (including phenoxy) is 4. The van der Waals surface area contributed by atoms with Crippen LogP contribution in [0.2, 0.25) is 0 Å². The third kappa shape index (κ3) is 6.19. The van der Waals surface area contributed by atoms with Gasteiger partial charge in [0, 0.05) is 5.92 Å². The first kappa shape index (κ1) is 26.5. The molecule has 2 fully saturated rings. The smallest absolute Gasteiger partial charge is 0.187 e. The van der Waals surface area contributed by atoms with E-state index in [1.54, 1.807) is 26.0 Å². The molecule has 2 aliphatic heterocycles. The molecule has 0 aromatic carbocycles. The molecule has 0 amide bonds. The summed E-state index contributed by atoms with van der Waals surface area (Å²) in [5.74, 6) is -0.347. The van der Waals surface area contributed by atoms with Gasteiger partial charge in [0.1, 0.15) is 48.8 Å². The van der Waals surface area contributed by atoms with Crippen molar-refractivity contribution in [1.29, 1.82) is 0 Å². The van der Waals surface area contributed by atoms with Gasteiger partial charge in [0.2, 0.25) is 0 Å². The lowest BCUT2D eigenvalue weighted by molar-refractivity contribution is -0.360. The van der Waals surface area contributed by atoms with E-state index in [1.165, 1.54) is 0 Å². The summed E-state index contributed by atoms with van der Waals surface area (Å²) in [4.78, 5) is 0. The predicted octanol–water partition coefficient (Wildman–Crippen LogP) is -3.80. The fourth-order valence-corrected chi connectivity index (χ4v) is 3.43. The zero-order chi connectivity index (χ0) is 23.3. The maximum atomic E-state index is 10.5. The molecule has 2 saturated heterocycles. The molecule has 31 heavy (non-hydrogen) atoms. The highest BCUT2D eigenvalue weighted by atomic mass is 16.7. The minimum Gasteiger partial charge on any atom is -0.394 e. The largest absolute Gasteiger partial charge is 0.394 e. The first-order valence-electron chi connectivity index (χ1n) is 10.2. The SMILES string of the molecule is C/C=C/[C@@H](O)[C@@H](C)CO[C@@H]1OC(CO)[C@@H](O[C@@H]2OC(CO)[C@H](O)C(O)C2O)C(O)C1O. The molecule has 0 aromatic heterocycles. The summed E-state index contributed by atoms with van der Waals surface area (Å²) in [5, 5.41) is 79.6. The summed E-state index contributed by atoms with van der Waals surface area (Å²) >= 11 is 0. The molecule has 0 bridgehead atoms. The van der Waals surface area contributed by atoms with Crippen LogP contribution in [0.3, 0.4) is 0 Å². The summed E-state index contributed by atoms with van der Waals surface area (Å²) in [6.07, 6.45) is -12.6. The Kier molecular flexibility index (Phi) is 10.2. The van der Waals surface area contributed by atoms with E-state index in [4.69, 9.17) is 18.9 Å². The van der Waals surface area contributed by atoms with E-state index in [0.29, 0.717) is 0 Å². The second-order valence-corrected chi connectivity index (χ2v) is 7.83. The van der Waals surface area contributed by atoms with Crippen LogP contribution in [0.1, 0.15) is 13.8 Å². The lowest BCUT2D eigenvalue weighted by Gasteiger charge is -2.46. The van der Waals surface area contributed by atoms with Crippen molar-refractivity contribution in [3.63, 3.8) is 0 Å². The molecular formula is C19H34O12. The molecule has 12 heteroatoms. The second-order valence-electron chi connectivity index (χ2n) is 7.83. The minimum atomic E-state index is -1.73. The lowest BCUT2D eigenvalue weighted by atomic mass is 9.97. The highest BCUT2D eigenvalue weighted by molar-refractivity contribution is 4.94. The molecule has 6 unspecified atom stereocenters. The number of allylic oxidation sites excluding steroid dienone is 1. The average molecular weight is 454 g/mol. The fraction of sp³-hybridized carbons (Fsp3) is 0.895. The fourth-order valence-electron chi connectivity index (χ4n) is 3.43. The Morgan fingerprint density at radius 2 is 1.42 bits per heavy atom. The van der Waals surface area contributed by atoms with Gasteiger partial charge in [-0.25, -0.2) is 0 Å². The first-order valence-corrected chi connectivity index (χ1v) is 10.2. The van der Waals surface area contributed by atoms with E-state index >= 15 is 0 Å². The summed E-state index contributed by atoms with van der Waals surface area (Å²) in [6, 6.07) is 0. The molecule has 2 aliphatic rings. The van der Waals surface area contributed by atoms with Crippen LogP contribution < -0.4 is 0 Å². The molecule has 2 rings (SSSR count). The summed E-state index contributed by atoms with van der Waals surface area (Å²) < 4.78 is 21.7. The van der Waals surface area contributed by atoms with Crippen molar-refractivity contribution < 1.29 is 59.8 Å². The van der Waals surface area contributed by atoms with Crippen LogP contribution in [-0.4, -0.2) is 128 Å². The van der Waals surface area contributed by atoms with Gasteiger partial charge in [-0.3, -0.25) is 0 Å².